The van der Waals surface area contributed by atoms with E-state index in [9.17, 15) is 18.3 Å². The molecule has 7 heteroatoms. The summed E-state index contributed by atoms with van der Waals surface area (Å²) in [5, 5.41) is 8.50. The predicted molar refractivity (Wildman–Crippen MR) is 88.6 cm³/mol. The predicted octanol–water partition coefficient (Wildman–Crippen LogP) is 2.36. The van der Waals surface area contributed by atoms with E-state index >= 15 is 0 Å². The Morgan fingerprint density at radius 2 is 1.76 bits per heavy atom. The third-order valence-corrected chi connectivity index (χ3v) is 6.96. The van der Waals surface area contributed by atoms with Crippen LogP contribution in [0.15, 0.2) is 47.4 Å². The number of carbonyl (C=O) groups is 1. The third-order valence-electron chi connectivity index (χ3n) is 4.73. The zero-order chi connectivity index (χ0) is 17.8. The van der Waals surface area contributed by atoms with Crippen molar-refractivity contribution in [3.63, 3.8) is 0 Å². The van der Waals surface area contributed by atoms with Gasteiger partial charge in [-0.05, 0) is 36.8 Å². The Morgan fingerprint density at radius 1 is 1.08 bits per heavy atom. The molecule has 0 spiro atoms. The normalized spacial score (nSPS) is 24.1. The van der Waals surface area contributed by atoms with E-state index in [4.69, 9.17) is 9.47 Å². The molecule has 1 heterocycles. The van der Waals surface area contributed by atoms with Crippen molar-refractivity contribution in [1.29, 1.82) is 0 Å². The lowest BCUT2D eigenvalue weighted by Gasteiger charge is -2.05. The molecule has 0 aromatic heterocycles. The first kappa shape index (κ1) is 16.0. The van der Waals surface area contributed by atoms with Crippen LogP contribution in [0.5, 0.6) is 11.5 Å². The van der Waals surface area contributed by atoms with E-state index < -0.39 is 32.9 Å². The SMILES string of the molecule is Cc1ccc(S(=O)(=O)[C@H]2[C@@H](C(=O)O)[C@@H]2c2ccc3c(c2)OCO3)cc1. The van der Waals surface area contributed by atoms with Gasteiger partial charge in [-0.2, -0.15) is 0 Å². The number of aryl methyl sites for hydroxylation is 1. The van der Waals surface area contributed by atoms with Crippen LogP contribution in [0.1, 0.15) is 17.0 Å². The van der Waals surface area contributed by atoms with Gasteiger partial charge in [-0.1, -0.05) is 23.8 Å². The molecule has 2 aromatic carbocycles. The minimum atomic E-state index is -3.74. The number of hydrogen-bond acceptors (Lipinski definition) is 5. The van der Waals surface area contributed by atoms with Crippen molar-refractivity contribution in [1.82, 2.24) is 0 Å². The van der Waals surface area contributed by atoms with Crippen molar-refractivity contribution in [2.24, 2.45) is 5.92 Å². The van der Waals surface area contributed by atoms with Gasteiger partial charge in [-0.25, -0.2) is 8.42 Å². The fourth-order valence-corrected chi connectivity index (χ4v) is 5.49. The highest BCUT2D eigenvalue weighted by atomic mass is 32.2. The van der Waals surface area contributed by atoms with Crippen LogP contribution in [-0.4, -0.2) is 31.5 Å². The van der Waals surface area contributed by atoms with E-state index in [1.165, 1.54) is 12.1 Å². The molecule has 0 amide bonds. The van der Waals surface area contributed by atoms with Gasteiger partial charge in [0.05, 0.1) is 16.1 Å². The molecule has 2 aliphatic rings. The highest BCUT2D eigenvalue weighted by molar-refractivity contribution is 7.92. The molecule has 1 N–H and O–H groups in total. The Hall–Kier alpha value is -2.54. The maximum Gasteiger partial charge on any atom is 0.308 e. The van der Waals surface area contributed by atoms with Gasteiger partial charge >= 0.3 is 5.97 Å². The molecular formula is C18H16O6S. The van der Waals surface area contributed by atoms with Crippen molar-refractivity contribution in [3.8, 4) is 11.5 Å². The van der Waals surface area contributed by atoms with Crippen LogP contribution in [-0.2, 0) is 14.6 Å². The van der Waals surface area contributed by atoms with Crippen molar-refractivity contribution >= 4 is 15.8 Å². The summed E-state index contributed by atoms with van der Waals surface area (Å²) < 4.78 is 36.4. The van der Waals surface area contributed by atoms with Gasteiger partial charge in [0.25, 0.3) is 0 Å². The molecule has 130 valence electrons. The number of benzene rings is 2. The maximum atomic E-state index is 12.9. The minimum absolute atomic E-state index is 0.108. The standard InChI is InChI=1S/C18H16O6S/c1-10-2-5-12(6-3-10)25(21,22)17-15(16(17)18(19)20)11-4-7-13-14(8-11)24-9-23-13/h2-8,15-17H,9H2,1H3,(H,19,20)/t15-,16-,17+/m0/s1. The van der Waals surface area contributed by atoms with Crippen molar-refractivity contribution < 1.29 is 27.8 Å². The molecule has 1 fully saturated rings. The molecule has 1 aliphatic heterocycles. The van der Waals surface area contributed by atoms with E-state index in [2.05, 4.69) is 0 Å². The number of sulfone groups is 1. The van der Waals surface area contributed by atoms with Crippen molar-refractivity contribution in [2.45, 2.75) is 23.0 Å². The Morgan fingerprint density at radius 3 is 2.44 bits per heavy atom. The van der Waals surface area contributed by atoms with Gasteiger partial charge in [0.2, 0.25) is 6.79 Å². The van der Waals surface area contributed by atoms with Crippen LogP contribution < -0.4 is 9.47 Å². The lowest BCUT2D eigenvalue weighted by molar-refractivity contribution is -0.138. The summed E-state index contributed by atoms with van der Waals surface area (Å²) in [5.41, 5.74) is 1.58. The molecule has 0 unspecified atom stereocenters. The van der Waals surface area contributed by atoms with Gasteiger partial charge in [-0.3, -0.25) is 4.79 Å². The Labute approximate surface area is 144 Å². The molecule has 1 saturated carbocycles. The molecule has 6 nitrogen and oxygen atoms in total. The number of ether oxygens (including phenoxy) is 2. The Kier molecular flexibility index (Phi) is 3.50. The molecule has 25 heavy (non-hydrogen) atoms. The fraction of sp³-hybridized carbons (Fsp3) is 0.278. The number of aliphatic carboxylic acids is 1. The monoisotopic (exact) mass is 360 g/mol. The molecule has 4 rings (SSSR count). The van der Waals surface area contributed by atoms with E-state index in [0.717, 1.165) is 5.56 Å². The highest BCUT2D eigenvalue weighted by Gasteiger charge is 2.63. The molecule has 3 atom stereocenters. The summed E-state index contributed by atoms with van der Waals surface area (Å²) in [6.45, 7) is 1.97. The minimum Gasteiger partial charge on any atom is -0.481 e. The quantitative estimate of drug-likeness (QED) is 0.900. The van der Waals surface area contributed by atoms with Gasteiger partial charge in [-0.15, -0.1) is 0 Å². The molecule has 2 aromatic rings. The Balaban J connectivity index is 1.71. The topological polar surface area (TPSA) is 89.9 Å². The van der Waals surface area contributed by atoms with Crippen LogP contribution in [0.2, 0.25) is 0 Å². The smallest absolute Gasteiger partial charge is 0.308 e. The maximum absolute atomic E-state index is 12.9. The number of hydrogen-bond donors (Lipinski definition) is 1. The highest BCUT2D eigenvalue weighted by Crippen LogP contribution is 2.55. The summed E-state index contributed by atoms with van der Waals surface area (Å²) in [6.07, 6.45) is 0. The lowest BCUT2D eigenvalue weighted by Crippen LogP contribution is -2.13. The molecular weight excluding hydrogens is 344 g/mol. The van der Waals surface area contributed by atoms with Crippen molar-refractivity contribution in [3.05, 3.63) is 53.6 Å². The second kappa shape index (κ2) is 5.49. The molecule has 0 radical (unpaired) electrons. The first-order valence-corrected chi connectivity index (χ1v) is 9.37. The average Bonchev–Trinajstić information content (AvgIpc) is 3.18. The van der Waals surface area contributed by atoms with Crippen LogP contribution in [0, 0.1) is 12.8 Å². The molecule has 0 saturated heterocycles. The lowest BCUT2D eigenvalue weighted by atomic mass is 10.1. The number of fused-ring (bicyclic) bond motifs is 1. The van der Waals surface area contributed by atoms with E-state index in [0.29, 0.717) is 17.1 Å². The fourth-order valence-electron chi connectivity index (χ4n) is 3.37. The zero-order valence-electron chi connectivity index (χ0n) is 13.4. The molecule has 0 bridgehead atoms. The summed E-state index contributed by atoms with van der Waals surface area (Å²) in [6, 6.07) is 11.5. The number of rotatable bonds is 4. The summed E-state index contributed by atoms with van der Waals surface area (Å²) in [4.78, 5) is 11.8. The second-order valence-corrected chi connectivity index (χ2v) is 8.43. The van der Waals surface area contributed by atoms with Crippen LogP contribution >= 0.6 is 0 Å². The molecule has 1 aliphatic carbocycles. The summed E-state index contributed by atoms with van der Waals surface area (Å²) >= 11 is 0. The van der Waals surface area contributed by atoms with Crippen LogP contribution in [0.3, 0.4) is 0 Å². The number of carboxylic acid groups (broad SMARTS) is 1. The third kappa shape index (κ3) is 2.55. The second-order valence-electron chi connectivity index (χ2n) is 6.33. The van der Waals surface area contributed by atoms with Crippen molar-refractivity contribution in [2.75, 3.05) is 6.79 Å². The van der Waals surface area contributed by atoms with Gasteiger partial charge < -0.3 is 14.6 Å². The summed E-state index contributed by atoms with van der Waals surface area (Å²) in [5.74, 6) is -1.58. The summed E-state index contributed by atoms with van der Waals surface area (Å²) in [7, 11) is -3.74. The first-order valence-electron chi connectivity index (χ1n) is 7.82. The van der Waals surface area contributed by atoms with E-state index in [1.54, 1.807) is 30.3 Å². The number of carboxylic acids is 1. The van der Waals surface area contributed by atoms with Gasteiger partial charge in [0.1, 0.15) is 0 Å². The zero-order valence-corrected chi connectivity index (χ0v) is 14.2. The van der Waals surface area contributed by atoms with E-state index in [1.807, 2.05) is 6.92 Å². The largest absolute Gasteiger partial charge is 0.481 e. The van der Waals surface area contributed by atoms with E-state index in [-0.39, 0.29) is 11.7 Å². The average molecular weight is 360 g/mol. The Bertz CT molecular complexity index is 948. The van der Waals surface area contributed by atoms with Gasteiger partial charge in [0.15, 0.2) is 21.3 Å². The first-order chi connectivity index (χ1) is 11.9. The van der Waals surface area contributed by atoms with Crippen LogP contribution in [0.4, 0.5) is 0 Å². The van der Waals surface area contributed by atoms with Gasteiger partial charge in [0, 0.05) is 5.92 Å². The van der Waals surface area contributed by atoms with Crippen LogP contribution in [0.25, 0.3) is 0 Å².